The first kappa shape index (κ1) is 13.5. The predicted molar refractivity (Wildman–Crippen MR) is 87.6 cm³/mol. The molecule has 5 nitrogen and oxygen atoms in total. The van der Waals surface area contributed by atoms with Crippen LogP contribution in [-0.2, 0) is 0 Å². The van der Waals surface area contributed by atoms with Gasteiger partial charge < -0.3 is 8.98 Å². The van der Waals surface area contributed by atoms with Gasteiger partial charge in [0.2, 0.25) is 5.89 Å². The lowest BCUT2D eigenvalue weighted by molar-refractivity contribution is 0.516. The van der Waals surface area contributed by atoms with Crippen molar-refractivity contribution in [2.75, 3.05) is 0 Å². The molecule has 4 aromatic rings. The minimum Gasteiger partial charge on any atom is -0.401 e. The van der Waals surface area contributed by atoms with Crippen LogP contribution in [0.25, 0.3) is 28.2 Å². The van der Waals surface area contributed by atoms with E-state index in [-0.39, 0.29) is 11.5 Å². The third-order valence-electron chi connectivity index (χ3n) is 3.74. The molecular formula is C18H13N3O2. The fraction of sp³-hybridized carbons (Fsp3) is 0.0556. The molecule has 0 saturated carbocycles. The van der Waals surface area contributed by atoms with E-state index in [1.54, 1.807) is 18.3 Å². The molecule has 0 bridgehead atoms. The summed E-state index contributed by atoms with van der Waals surface area (Å²) < 4.78 is 7.30. The summed E-state index contributed by atoms with van der Waals surface area (Å²) in [6.07, 6.45) is 5.60. The third-order valence-corrected chi connectivity index (χ3v) is 3.74. The number of rotatable bonds is 2. The first-order valence-electron chi connectivity index (χ1n) is 7.22. The molecule has 0 radical (unpaired) electrons. The normalized spacial score (nSPS) is 11.0. The first-order valence-corrected chi connectivity index (χ1v) is 7.22. The van der Waals surface area contributed by atoms with Gasteiger partial charge in [0.05, 0.1) is 22.8 Å². The number of nitrogens with zero attached hydrogens (tertiary/aromatic N) is 3. The van der Waals surface area contributed by atoms with E-state index in [9.17, 15) is 4.79 Å². The Morgan fingerprint density at radius 3 is 2.61 bits per heavy atom. The Kier molecular flexibility index (Phi) is 3.05. The van der Waals surface area contributed by atoms with Crippen LogP contribution in [-0.4, -0.2) is 14.5 Å². The number of hydrogen-bond donors (Lipinski definition) is 0. The van der Waals surface area contributed by atoms with Crippen molar-refractivity contribution >= 4 is 10.9 Å². The van der Waals surface area contributed by atoms with E-state index in [1.165, 1.54) is 0 Å². The summed E-state index contributed by atoms with van der Waals surface area (Å²) in [4.78, 5) is 21.0. The molecule has 0 aliphatic heterocycles. The Labute approximate surface area is 131 Å². The molecular weight excluding hydrogens is 290 g/mol. The zero-order valence-electron chi connectivity index (χ0n) is 12.4. The van der Waals surface area contributed by atoms with Crippen molar-refractivity contribution in [3.05, 3.63) is 77.0 Å². The zero-order chi connectivity index (χ0) is 15.8. The van der Waals surface area contributed by atoms with Gasteiger partial charge in [-0.3, -0.25) is 0 Å². The number of fused-ring (bicyclic) bond motifs is 1. The number of aryl methyl sites for hydroxylation is 1. The van der Waals surface area contributed by atoms with Gasteiger partial charge >= 0.3 is 5.63 Å². The van der Waals surface area contributed by atoms with Crippen molar-refractivity contribution < 1.29 is 4.42 Å². The van der Waals surface area contributed by atoms with Crippen molar-refractivity contribution in [3.8, 4) is 17.3 Å². The quantitative estimate of drug-likeness (QED) is 0.570. The zero-order valence-corrected chi connectivity index (χ0v) is 12.4. The molecule has 3 aromatic heterocycles. The summed E-state index contributed by atoms with van der Waals surface area (Å²) in [6, 6.07) is 13.1. The van der Waals surface area contributed by atoms with E-state index in [0.29, 0.717) is 16.6 Å². The van der Waals surface area contributed by atoms with Crippen LogP contribution in [0.2, 0.25) is 0 Å². The molecule has 5 heteroatoms. The summed E-state index contributed by atoms with van der Waals surface area (Å²) in [6.45, 7) is 1.87. The topological polar surface area (TPSA) is 60.9 Å². The number of aromatic nitrogens is 3. The molecule has 112 valence electrons. The van der Waals surface area contributed by atoms with Crippen LogP contribution in [0, 0.1) is 6.92 Å². The van der Waals surface area contributed by atoms with Gasteiger partial charge in [0.25, 0.3) is 0 Å². The van der Waals surface area contributed by atoms with Crippen LogP contribution >= 0.6 is 0 Å². The van der Waals surface area contributed by atoms with Crippen molar-refractivity contribution in [1.29, 1.82) is 0 Å². The summed E-state index contributed by atoms with van der Waals surface area (Å²) >= 11 is 0. The molecule has 0 unspecified atom stereocenters. The molecule has 0 amide bonds. The summed E-state index contributed by atoms with van der Waals surface area (Å²) in [5.41, 5.74) is 2.54. The van der Waals surface area contributed by atoms with Crippen LogP contribution in [0.3, 0.4) is 0 Å². The highest BCUT2D eigenvalue weighted by Crippen LogP contribution is 2.19. The lowest BCUT2D eigenvalue weighted by Gasteiger charge is -2.05. The Morgan fingerprint density at radius 1 is 1.04 bits per heavy atom. The van der Waals surface area contributed by atoms with Gasteiger partial charge in [-0.05, 0) is 42.8 Å². The van der Waals surface area contributed by atoms with Crippen LogP contribution in [0.4, 0.5) is 0 Å². The molecule has 0 fully saturated rings. The maximum Gasteiger partial charge on any atom is 0.347 e. The highest BCUT2D eigenvalue weighted by molar-refractivity contribution is 5.81. The molecule has 0 saturated heterocycles. The SMILES string of the molecule is Cc1cccc2nc(-c3ccc(-n4cccc4)cn3)oc(=O)c12. The smallest absolute Gasteiger partial charge is 0.347 e. The number of pyridine rings is 1. The summed E-state index contributed by atoms with van der Waals surface area (Å²) in [5.74, 6) is 0.229. The van der Waals surface area contributed by atoms with E-state index in [1.807, 2.05) is 54.2 Å². The molecule has 0 aliphatic carbocycles. The monoisotopic (exact) mass is 303 g/mol. The molecule has 0 atom stereocenters. The number of benzene rings is 1. The van der Waals surface area contributed by atoms with Crippen LogP contribution in [0.15, 0.2) is 70.3 Å². The Morgan fingerprint density at radius 2 is 1.87 bits per heavy atom. The molecule has 23 heavy (non-hydrogen) atoms. The van der Waals surface area contributed by atoms with Crippen LogP contribution in [0.5, 0.6) is 0 Å². The van der Waals surface area contributed by atoms with E-state index < -0.39 is 0 Å². The molecule has 0 N–H and O–H groups in total. The van der Waals surface area contributed by atoms with Gasteiger partial charge in [-0.2, -0.15) is 0 Å². The lowest BCUT2D eigenvalue weighted by atomic mass is 10.1. The number of hydrogen-bond acceptors (Lipinski definition) is 4. The largest absolute Gasteiger partial charge is 0.401 e. The first-order chi connectivity index (χ1) is 11.2. The van der Waals surface area contributed by atoms with Crippen LogP contribution < -0.4 is 5.63 Å². The summed E-state index contributed by atoms with van der Waals surface area (Å²) in [5, 5.41) is 0.514. The second-order valence-corrected chi connectivity index (χ2v) is 5.27. The van der Waals surface area contributed by atoms with E-state index in [0.717, 1.165) is 11.3 Å². The molecule has 1 aromatic carbocycles. The molecule has 4 rings (SSSR count). The van der Waals surface area contributed by atoms with Crippen molar-refractivity contribution in [1.82, 2.24) is 14.5 Å². The Hall–Kier alpha value is -3.21. The molecule has 0 aliphatic rings. The van der Waals surface area contributed by atoms with Crippen molar-refractivity contribution in [2.45, 2.75) is 6.92 Å². The minimum atomic E-state index is -0.389. The van der Waals surface area contributed by atoms with Gasteiger partial charge in [0.15, 0.2) is 0 Å². The average Bonchev–Trinajstić information content (AvgIpc) is 3.09. The predicted octanol–water partition coefficient (Wildman–Crippen LogP) is 3.35. The fourth-order valence-corrected chi connectivity index (χ4v) is 2.56. The van der Waals surface area contributed by atoms with Gasteiger partial charge in [0, 0.05) is 12.4 Å². The Balaban J connectivity index is 1.82. The van der Waals surface area contributed by atoms with Crippen molar-refractivity contribution in [3.63, 3.8) is 0 Å². The average molecular weight is 303 g/mol. The molecule has 0 spiro atoms. The van der Waals surface area contributed by atoms with Crippen LogP contribution in [0.1, 0.15) is 5.56 Å². The maximum absolute atomic E-state index is 12.2. The van der Waals surface area contributed by atoms with Gasteiger partial charge in [-0.25, -0.2) is 14.8 Å². The Bertz CT molecular complexity index is 1030. The second kappa shape index (κ2) is 5.21. The van der Waals surface area contributed by atoms with Gasteiger partial charge in [0.1, 0.15) is 5.69 Å². The standard InChI is InChI=1S/C18H13N3O2/c1-12-5-4-6-14-16(12)18(22)23-17(20-14)15-8-7-13(11-19-15)21-9-2-3-10-21/h2-11H,1H3. The van der Waals surface area contributed by atoms with E-state index in [4.69, 9.17) is 4.42 Å². The highest BCUT2D eigenvalue weighted by Gasteiger charge is 2.11. The summed E-state index contributed by atoms with van der Waals surface area (Å²) in [7, 11) is 0. The van der Waals surface area contributed by atoms with Crippen molar-refractivity contribution in [2.24, 2.45) is 0 Å². The van der Waals surface area contributed by atoms with E-state index in [2.05, 4.69) is 9.97 Å². The maximum atomic E-state index is 12.2. The van der Waals surface area contributed by atoms with Gasteiger partial charge in [-0.15, -0.1) is 0 Å². The highest BCUT2D eigenvalue weighted by atomic mass is 16.4. The lowest BCUT2D eigenvalue weighted by Crippen LogP contribution is -2.05. The van der Waals surface area contributed by atoms with Gasteiger partial charge in [-0.1, -0.05) is 12.1 Å². The second-order valence-electron chi connectivity index (χ2n) is 5.27. The third kappa shape index (κ3) is 2.32. The minimum absolute atomic E-state index is 0.229. The van der Waals surface area contributed by atoms with E-state index >= 15 is 0 Å². The molecule has 3 heterocycles. The fourth-order valence-electron chi connectivity index (χ4n) is 2.56.